The highest BCUT2D eigenvalue weighted by molar-refractivity contribution is 8.00. The maximum absolute atomic E-state index is 10.2. The van der Waals surface area contributed by atoms with Gasteiger partial charge in [0.15, 0.2) is 0 Å². The van der Waals surface area contributed by atoms with Crippen molar-refractivity contribution in [1.82, 2.24) is 0 Å². The first-order valence-corrected chi connectivity index (χ1v) is 4.50. The van der Waals surface area contributed by atoms with Crippen molar-refractivity contribution in [2.45, 2.75) is 36.7 Å². The molecule has 10 heavy (non-hydrogen) atoms. The molecule has 1 unspecified atom stereocenters. The van der Waals surface area contributed by atoms with E-state index >= 15 is 0 Å². The molecule has 1 saturated carbocycles. The third-order valence-corrected chi connectivity index (χ3v) is 2.90. The maximum Gasteiger partial charge on any atom is 0.304 e. The minimum Gasteiger partial charge on any atom is -0.481 e. The Hall–Kier alpha value is -0.180. The summed E-state index contributed by atoms with van der Waals surface area (Å²) in [6, 6.07) is 0. The van der Waals surface area contributed by atoms with Crippen molar-refractivity contribution >= 4 is 17.7 Å². The summed E-state index contributed by atoms with van der Waals surface area (Å²) < 4.78 is 0. The van der Waals surface area contributed by atoms with Gasteiger partial charge in [-0.15, -0.1) is 0 Å². The van der Waals surface area contributed by atoms with E-state index in [1.54, 1.807) is 0 Å². The Morgan fingerprint density at radius 1 is 1.80 bits per heavy atom. The van der Waals surface area contributed by atoms with Gasteiger partial charge in [0.2, 0.25) is 0 Å². The normalized spacial score (nSPS) is 20.5. The molecule has 0 aromatic carbocycles. The highest BCUT2D eigenvalue weighted by Crippen LogP contribution is 2.37. The second-order valence-corrected chi connectivity index (χ2v) is 4.49. The van der Waals surface area contributed by atoms with Crippen LogP contribution in [0.3, 0.4) is 0 Å². The summed E-state index contributed by atoms with van der Waals surface area (Å²) in [5.41, 5.74) is 0. The monoisotopic (exact) mass is 160 g/mol. The predicted octanol–water partition coefficient (Wildman–Crippen LogP) is 1.75. The van der Waals surface area contributed by atoms with Gasteiger partial charge in [0.25, 0.3) is 0 Å². The number of hydrogen-bond acceptors (Lipinski definition) is 2. The Kier molecular flexibility index (Phi) is 2.60. The molecule has 0 spiro atoms. The van der Waals surface area contributed by atoms with Crippen molar-refractivity contribution < 1.29 is 9.90 Å². The summed E-state index contributed by atoms with van der Waals surface area (Å²) in [6.07, 6.45) is 2.88. The Bertz CT molecular complexity index is 132. The Labute approximate surface area is 65.0 Å². The quantitative estimate of drug-likeness (QED) is 0.680. The molecule has 1 N–H and O–H groups in total. The molecular formula is C7H12O2S. The summed E-state index contributed by atoms with van der Waals surface area (Å²) in [6.45, 7) is 1.98. The maximum atomic E-state index is 10.2. The average molecular weight is 160 g/mol. The predicted molar refractivity (Wildman–Crippen MR) is 42.3 cm³/mol. The van der Waals surface area contributed by atoms with Crippen LogP contribution >= 0.6 is 11.8 Å². The molecule has 1 aliphatic rings. The minimum atomic E-state index is -0.680. The zero-order chi connectivity index (χ0) is 7.56. The van der Waals surface area contributed by atoms with E-state index in [1.807, 2.05) is 18.7 Å². The van der Waals surface area contributed by atoms with Crippen molar-refractivity contribution in [1.29, 1.82) is 0 Å². The lowest BCUT2D eigenvalue weighted by Gasteiger charge is -2.05. The number of carboxylic acids is 1. The molecule has 1 rings (SSSR count). The number of aliphatic carboxylic acids is 1. The van der Waals surface area contributed by atoms with Gasteiger partial charge in [-0.3, -0.25) is 4.79 Å². The number of carboxylic acid groups (broad SMARTS) is 1. The van der Waals surface area contributed by atoms with Crippen LogP contribution in [0.25, 0.3) is 0 Å². The van der Waals surface area contributed by atoms with E-state index in [0.29, 0.717) is 11.7 Å². The molecule has 1 aliphatic carbocycles. The summed E-state index contributed by atoms with van der Waals surface area (Å²) >= 11 is 1.81. The van der Waals surface area contributed by atoms with Crippen molar-refractivity contribution in [3.8, 4) is 0 Å². The lowest BCUT2D eigenvalue weighted by atomic mass is 10.3. The lowest BCUT2D eigenvalue weighted by molar-refractivity contribution is -0.136. The molecule has 58 valence electrons. The average Bonchev–Trinajstić information content (AvgIpc) is 2.46. The fourth-order valence-electron chi connectivity index (χ4n) is 0.827. The third kappa shape index (κ3) is 3.11. The van der Waals surface area contributed by atoms with Gasteiger partial charge in [0.1, 0.15) is 0 Å². The van der Waals surface area contributed by atoms with Crippen molar-refractivity contribution in [2.75, 3.05) is 0 Å². The summed E-state index contributed by atoms with van der Waals surface area (Å²) in [5.74, 6) is -0.680. The first kappa shape index (κ1) is 7.92. The van der Waals surface area contributed by atoms with Crippen LogP contribution in [-0.4, -0.2) is 21.6 Å². The molecule has 0 aromatic rings. The smallest absolute Gasteiger partial charge is 0.304 e. The van der Waals surface area contributed by atoms with Gasteiger partial charge in [-0.25, -0.2) is 0 Å². The topological polar surface area (TPSA) is 37.3 Å². The molecule has 0 heterocycles. The fraction of sp³-hybridized carbons (Fsp3) is 0.857. The minimum absolute atomic E-state index is 0.296. The van der Waals surface area contributed by atoms with Crippen LogP contribution in [0.5, 0.6) is 0 Å². The van der Waals surface area contributed by atoms with E-state index in [0.717, 1.165) is 5.25 Å². The van der Waals surface area contributed by atoms with Gasteiger partial charge in [-0.2, -0.15) is 11.8 Å². The van der Waals surface area contributed by atoms with E-state index in [2.05, 4.69) is 0 Å². The van der Waals surface area contributed by atoms with Gasteiger partial charge < -0.3 is 5.11 Å². The van der Waals surface area contributed by atoms with Gasteiger partial charge >= 0.3 is 5.97 Å². The largest absolute Gasteiger partial charge is 0.481 e. The molecule has 0 saturated heterocycles. The van der Waals surface area contributed by atoms with Crippen LogP contribution in [0.4, 0.5) is 0 Å². The van der Waals surface area contributed by atoms with Crippen LogP contribution in [0.15, 0.2) is 0 Å². The van der Waals surface area contributed by atoms with Gasteiger partial charge in [-0.05, 0) is 12.8 Å². The molecular weight excluding hydrogens is 148 g/mol. The summed E-state index contributed by atoms with van der Waals surface area (Å²) in [7, 11) is 0. The van der Waals surface area contributed by atoms with Crippen molar-refractivity contribution in [3.05, 3.63) is 0 Å². The second kappa shape index (κ2) is 3.28. The molecule has 3 heteroatoms. The lowest BCUT2D eigenvalue weighted by Crippen LogP contribution is -2.06. The van der Waals surface area contributed by atoms with E-state index < -0.39 is 5.97 Å². The van der Waals surface area contributed by atoms with Crippen LogP contribution in [0, 0.1) is 0 Å². The second-order valence-electron chi connectivity index (χ2n) is 2.74. The Morgan fingerprint density at radius 2 is 2.40 bits per heavy atom. The SMILES string of the molecule is CC(CC(=O)O)SC1CC1. The van der Waals surface area contributed by atoms with Gasteiger partial charge in [0, 0.05) is 10.5 Å². The van der Waals surface area contributed by atoms with Gasteiger partial charge in [-0.1, -0.05) is 6.92 Å². The third-order valence-electron chi connectivity index (χ3n) is 1.41. The van der Waals surface area contributed by atoms with Crippen LogP contribution in [0.2, 0.25) is 0 Å². The van der Waals surface area contributed by atoms with E-state index in [-0.39, 0.29) is 0 Å². The number of rotatable bonds is 4. The molecule has 2 nitrogen and oxygen atoms in total. The van der Waals surface area contributed by atoms with E-state index in [4.69, 9.17) is 5.11 Å². The van der Waals surface area contributed by atoms with Crippen LogP contribution < -0.4 is 0 Å². The zero-order valence-corrected chi connectivity index (χ0v) is 6.86. The molecule has 0 aliphatic heterocycles. The van der Waals surface area contributed by atoms with Crippen LogP contribution in [-0.2, 0) is 4.79 Å². The number of carbonyl (C=O) groups is 1. The summed E-state index contributed by atoms with van der Waals surface area (Å²) in [4.78, 5) is 10.2. The van der Waals surface area contributed by atoms with Gasteiger partial charge in [0.05, 0.1) is 6.42 Å². The highest BCUT2D eigenvalue weighted by Gasteiger charge is 2.24. The van der Waals surface area contributed by atoms with E-state index in [9.17, 15) is 4.79 Å². The summed E-state index contributed by atoms with van der Waals surface area (Å²) in [5, 5.41) is 9.47. The zero-order valence-electron chi connectivity index (χ0n) is 6.04. The Morgan fingerprint density at radius 3 is 2.80 bits per heavy atom. The standard InChI is InChI=1S/C7H12O2S/c1-5(4-7(8)9)10-6-2-3-6/h5-6H,2-4H2,1H3,(H,8,9). The molecule has 1 atom stereocenters. The molecule has 0 amide bonds. The highest BCUT2D eigenvalue weighted by atomic mass is 32.2. The van der Waals surface area contributed by atoms with Crippen molar-refractivity contribution in [2.24, 2.45) is 0 Å². The molecule has 1 fully saturated rings. The van der Waals surface area contributed by atoms with E-state index in [1.165, 1.54) is 12.8 Å². The number of hydrogen-bond donors (Lipinski definition) is 1. The first-order valence-electron chi connectivity index (χ1n) is 3.55. The molecule has 0 bridgehead atoms. The molecule has 0 radical (unpaired) electrons. The fourth-order valence-corrected chi connectivity index (χ4v) is 2.13. The Balaban J connectivity index is 2.07. The van der Waals surface area contributed by atoms with Crippen molar-refractivity contribution in [3.63, 3.8) is 0 Å². The van der Waals surface area contributed by atoms with Crippen LogP contribution in [0.1, 0.15) is 26.2 Å². The first-order chi connectivity index (χ1) is 4.68. The number of thioether (sulfide) groups is 1. The molecule has 0 aromatic heterocycles.